The van der Waals surface area contributed by atoms with Gasteiger partial charge in [-0.1, -0.05) is 43.7 Å². The van der Waals surface area contributed by atoms with Crippen LogP contribution in [0.15, 0.2) is 36.4 Å². The van der Waals surface area contributed by atoms with E-state index >= 15 is 0 Å². The van der Waals surface area contributed by atoms with Crippen molar-refractivity contribution in [3.63, 3.8) is 0 Å². The summed E-state index contributed by atoms with van der Waals surface area (Å²) in [4.78, 5) is 15.6. The summed E-state index contributed by atoms with van der Waals surface area (Å²) in [5.74, 6) is 0.898. The van der Waals surface area contributed by atoms with Gasteiger partial charge in [0.2, 0.25) is 5.91 Å². The molecule has 5 heteroatoms. The molecule has 3 atom stereocenters. The molecule has 0 spiro atoms. The number of aromatic amines is 1. The maximum atomic E-state index is 13.6. The van der Waals surface area contributed by atoms with Crippen LogP contribution >= 0.6 is 0 Å². The third-order valence-electron chi connectivity index (χ3n) is 6.64. The molecule has 0 bridgehead atoms. The average Bonchev–Trinajstić information content (AvgIpc) is 3.38. The lowest BCUT2D eigenvalue weighted by atomic mass is 9.79. The number of amides is 1. The van der Waals surface area contributed by atoms with Gasteiger partial charge in [0.05, 0.1) is 5.69 Å². The Bertz CT molecular complexity index is 915. The van der Waals surface area contributed by atoms with E-state index in [1.165, 1.54) is 16.8 Å². The first-order valence-corrected chi connectivity index (χ1v) is 10.6. The first-order valence-electron chi connectivity index (χ1n) is 10.6. The fourth-order valence-corrected chi connectivity index (χ4v) is 5.08. The summed E-state index contributed by atoms with van der Waals surface area (Å²) >= 11 is 0. The molecule has 0 saturated carbocycles. The second-order valence-electron chi connectivity index (χ2n) is 8.30. The molecule has 1 amide bonds. The summed E-state index contributed by atoms with van der Waals surface area (Å²) in [5, 5.41) is 11.3. The predicted octanol–water partition coefficient (Wildman–Crippen LogP) is 3.79. The van der Waals surface area contributed by atoms with E-state index in [0.717, 1.165) is 50.0 Å². The van der Waals surface area contributed by atoms with Gasteiger partial charge in [-0.25, -0.2) is 0 Å². The smallest absolute Gasteiger partial charge is 0.245 e. The van der Waals surface area contributed by atoms with E-state index in [2.05, 4.69) is 52.8 Å². The zero-order valence-electron chi connectivity index (χ0n) is 16.4. The van der Waals surface area contributed by atoms with Gasteiger partial charge in [0.25, 0.3) is 0 Å². The number of rotatable bonds is 4. The minimum Gasteiger partial charge on any atom is -0.373 e. The van der Waals surface area contributed by atoms with Gasteiger partial charge in [-0.05, 0) is 30.9 Å². The lowest BCUT2D eigenvalue weighted by molar-refractivity contribution is -0.134. The van der Waals surface area contributed by atoms with E-state index in [4.69, 9.17) is 0 Å². The Hall–Kier alpha value is -2.56. The molecular formula is C23H28N4O. The van der Waals surface area contributed by atoms with Crippen molar-refractivity contribution in [2.75, 3.05) is 11.9 Å². The van der Waals surface area contributed by atoms with Crippen molar-refractivity contribution < 1.29 is 4.79 Å². The number of aryl methyl sites for hydroxylation is 1. The first-order chi connectivity index (χ1) is 13.8. The van der Waals surface area contributed by atoms with Crippen molar-refractivity contribution in [1.82, 2.24) is 15.1 Å². The molecule has 0 fully saturated rings. The normalized spacial score (nSPS) is 25.0. The molecule has 0 radical (unpaired) electrons. The molecule has 28 heavy (non-hydrogen) atoms. The van der Waals surface area contributed by atoms with Crippen LogP contribution in [0.4, 0.5) is 5.69 Å². The van der Waals surface area contributed by atoms with Gasteiger partial charge in [-0.3, -0.25) is 9.89 Å². The molecule has 0 unspecified atom stereocenters. The van der Waals surface area contributed by atoms with Gasteiger partial charge in [-0.15, -0.1) is 0 Å². The van der Waals surface area contributed by atoms with Crippen molar-refractivity contribution in [2.24, 2.45) is 5.92 Å². The van der Waals surface area contributed by atoms with Crippen LogP contribution in [0.25, 0.3) is 0 Å². The number of carbonyl (C=O) groups is 1. The zero-order valence-corrected chi connectivity index (χ0v) is 16.4. The van der Waals surface area contributed by atoms with E-state index in [-0.39, 0.29) is 11.9 Å². The third-order valence-corrected chi connectivity index (χ3v) is 6.64. The van der Waals surface area contributed by atoms with Crippen LogP contribution in [0.3, 0.4) is 0 Å². The summed E-state index contributed by atoms with van der Waals surface area (Å²) < 4.78 is 0. The Balaban J connectivity index is 1.38. The highest BCUT2D eigenvalue weighted by molar-refractivity contribution is 5.87. The Morgan fingerprint density at radius 2 is 2.21 bits per heavy atom. The highest BCUT2D eigenvalue weighted by atomic mass is 16.2. The van der Waals surface area contributed by atoms with Gasteiger partial charge >= 0.3 is 0 Å². The second kappa shape index (κ2) is 7.12. The fourth-order valence-electron chi connectivity index (χ4n) is 5.08. The molecule has 2 aliphatic heterocycles. The number of anilines is 1. The van der Waals surface area contributed by atoms with Crippen LogP contribution in [0.5, 0.6) is 0 Å². The predicted molar refractivity (Wildman–Crippen MR) is 110 cm³/mol. The lowest BCUT2D eigenvalue weighted by Crippen LogP contribution is -2.50. The fraction of sp³-hybridized carbons (Fsp3) is 0.478. The summed E-state index contributed by atoms with van der Waals surface area (Å²) in [5.41, 5.74) is 6.06. The Kier molecular flexibility index (Phi) is 4.46. The van der Waals surface area contributed by atoms with Crippen LogP contribution in [0.1, 0.15) is 54.6 Å². The maximum absolute atomic E-state index is 13.6. The summed E-state index contributed by atoms with van der Waals surface area (Å²) in [6.45, 7) is 3.66. The SMILES string of the molecule is CCCCc1n[nH]c2c1CN(C(=O)[C@@H]1Nc3ccccc3[C@H]3C=CC[C@@H]31)CC2. The average molecular weight is 377 g/mol. The molecule has 1 aromatic heterocycles. The van der Waals surface area contributed by atoms with Crippen molar-refractivity contribution in [2.45, 2.75) is 57.5 Å². The zero-order chi connectivity index (χ0) is 19.1. The number of fused-ring (bicyclic) bond motifs is 4. The largest absolute Gasteiger partial charge is 0.373 e. The molecule has 1 aromatic carbocycles. The number of carbonyl (C=O) groups excluding carboxylic acids is 1. The topological polar surface area (TPSA) is 61.0 Å². The van der Waals surface area contributed by atoms with Crippen LogP contribution in [0, 0.1) is 5.92 Å². The van der Waals surface area contributed by atoms with E-state index < -0.39 is 0 Å². The summed E-state index contributed by atoms with van der Waals surface area (Å²) in [6.07, 6.45) is 9.66. The minimum absolute atomic E-state index is 0.151. The molecule has 3 aliphatic rings. The van der Waals surface area contributed by atoms with Gasteiger partial charge in [0, 0.05) is 48.3 Å². The molecule has 5 rings (SSSR count). The Morgan fingerprint density at radius 3 is 3.11 bits per heavy atom. The van der Waals surface area contributed by atoms with Gasteiger partial charge in [-0.2, -0.15) is 5.10 Å². The number of benzene rings is 1. The van der Waals surface area contributed by atoms with Crippen molar-refractivity contribution in [1.29, 1.82) is 0 Å². The van der Waals surface area contributed by atoms with Crippen LogP contribution in [-0.2, 0) is 24.2 Å². The van der Waals surface area contributed by atoms with E-state index in [9.17, 15) is 4.79 Å². The number of aromatic nitrogens is 2. The van der Waals surface area contributed by atoms with Gasteiger partial charge < -0.3 is 10.2 Å². The molecule has 146 valence electrons. The Labute approximate surface area is 166 Å². The molecule has 5 nitrogen and oxygen atoms in total. The highest BCUT2D eigenvalue weighted by Gasteiger charge is 2.42. The van der Waals surface area contributed by atoms with Gasteiger partial charge in [0.1, 0.15) is 6.04 Å². The van der Waals surface area contributed by atoms with Crippen molar-refractivity contribution >= 4 is 11.6 Å². The lowest BCUT2D eigenvalue weighted by Gasteiger charge is -2.39. The van der Waals surface area contributed by atoms with Gasteiger partial charge in [0.15, 0.2) is 0 Å². The highest BCUT2D eigenvalue weighted by Crippen LogP contribution is 2.45. The second-order valence-corrected chi connectivity index (χ2v) is 8.30. The van der Waals surface area contributed by atoms with Crippen LogP contribution in [-0.4, -0.2) is 33.6 Å². The van der Waals surface area contributed by atoms with E-state index in [1.54, 1.807) is 0 Å². The molecule has 1 aliphatic carbocycles. The first kappa shape index (κ1) is 17.5. The molecule has 2 aromatic rings. The van der Waals surface area contributed by atoms with Crippen LogP contribution in [0.2, 0.25) is 0 Å². The Morgan fingerprint density at radius 1 is 1.32 bits per heavy atom. The maximum Gasteiger partial charge on any atom is 0.245 e. The monoisotopic (exact) mass is 376 g/mol. The number of nitrogens with zero attached hydrogens (tertiary/aromatic N) is 2. The number of para-hydroxylation sites is 1. The summed E-state index contributed by atoms with van der Waals surface area (Å²) in [6, 6.07) is 8.28. The van der Waals surface area contributed by atoms with E-state index in [0.29, 0.717) is 18.4 Å². The molecule has 2 N–H and O–H groups in total. The number of H-pyrrole nitrogens is 1. The van der Waals surface area contributed by atoms with Crippen molar-refractivity contribution in [3.8, 4) is 0 Å². The third kappa shape index (κ3) is 2.84. The standard InChI is InChI=1S/C23H28N4O/c1-2-3-10-20-18-14-27(13-12-21(18)26-25-20)23(28)22-17-9-6-8-15(17)16-7-4-5-11-19(16)24-22/h4-8,11,15,17,22,24H,2-3,9-10,12-14H2,1H3,(H,25,26)/t15-,17+,22-/m1/s1. The number of hydrogen-bond donors (Lipinski definition) is 2. The molecule has 0 saturated heterocycles. The van der Waals surface area contributed by atoms with E-state index in [1.807, 2.05) is 11.0 Å². The number of nitrogens with one attached hydrogen (secondary N) is 2. The number of hydrogen-bond acceptors (Lipinski definition) is 3. The quantitative estimate of drug-likeness (QED) is 0.798. The number of allylic oxidation sites excluding steroid dienone is 2. The molecular weight excluding hydrogens is 348 g/mol. The van der Waals surface area contributed by atoms with Crippen LogP contribution < -0.4 is 5.32 Å². The minimum atomic E-state index is -0.151. The number of unbranched alkanes of at least 4 members (excludes halogenated alkanes) is 1. The molecule has 3 heterocycles. The van der Waals surface area contributed by atoms with Crippen molar-refractivity contribution in [3.05, 3.63) is 58.9 Å². The summed E-state index contributed by atoms with van der Waals surface area (Å²) in [7, 11) is 0.